The first-order valence-corrected chi connectivity index (χ1v) is 6.25. The van der Waals surface area contributed by atoms with Crippen LogP contribution in [0, 0.1) is 0 Å². The number of carboxylic acids is 1. The highest BCUT2D eigenvalue weighted by atomic mass is 16.5. The monoisotopic (exact) mass is 297 g/mol. The molecule has 0 bridgehead atoms. The molecule has 21 heavy (non-hydrogen) atoms. The van der Waals surface area contributed by atoms with Gasteiger partial charge in [0.1, 0.15) is 6.54 Å². The summed E-state index contributed by atoms with van der Waals surface area (Å²) in [6, 6.07) is -1.00. The third kappa shape index (κ3) is 3.75. The first kappa shape index (κ1) is 14.9. The summed E-state index contributed by atoms with van der Waals surface area (Å²) in [6.07, 6.45) is 1.31. The second kappa shape index (κ2) is 6.31. The molecule has 1 aliphatic heterocycles. The molecule has 1 aromatic rings. The van der Waals surface area contributed by atoms with E-state index >= 15 is 0 Å². The van der Waals surface area contributed by atoms with Crippen molar-refractivity contribution in [3.63, 3.8) is 0 Å². The second-order valence-electron chi connectivity index (χ2n) is 4.46. The Morgan fingerprint density at radius 2 is 2.29 bits per heavy atom. The normalized spacial score (nSPS) is 18.3. The number of nitrogens with one attached hydrogen (secondary N) is 1. The lowest BCUT2D eigenvalue weighted by Crippen LogP contribution is -2.53. The molecule has 0 radical (unpaired) electrons. The molecule has 0 aromatic carbocycles. The molecule has 2 rings (SSSR count). The quantitative estimate of drug-likeness (QED) is 0.696. The predicted octanol–water partition coefficient (Wildman–Crippen LogP) is -1.45. The Bertz CT molecular complexity index is 557. The summed E-state index contributed by atoms with van der Waals surface area (Å²) < 4.78 is 5.06. The van der Waals surface area contributed by atoms with E-state index in [2.05, 4.69) is 15.5 Å². The number of aliphatic carboxylic acids is 1. The van der Waals surface area contributed by atoms with Gasteiger partial charge in [0.25, 0.3) is 0 Å². The number of aromatic nitrogens is 3. The molecule has 1 atom stereocenters. The van der Waals surface area contributed by atoms with Crippen molar-refractivity contribution < 1.29 is 24.2 Å². The minimum atomic E-state index is -1.12. The standard InChI is InChI=1S/C11H15N5O5/c1-7(17)13-9-4-12-16(14-9)5-10(18)15-2-3-21-6-8(15)11(19)20/h4,8H,2-3,5-6H2,1H3,(H,19,20)(H,13,14,17). The van der Waals surface area contributed by atoms with Crippen LogP contribution in [-0.2, 0) is 25.7 Å². The molecular weight excluding hydrogens is 282 g/mol. The molecule has 1 aromatic heterocycles. The van der Waals surface area contributed by atoms with Crippen LogP contribution in [0.3, 0.4) is 0 Å². The summed E-state index contributed by atoms with van der Waals surface area (Å²) in [6.45, 7) is 1.58. The largest absolute Gasteiger partial charge is 0.480 e. The van der Waals surface area contributed by atoms with Crippen LogP contribution in [0.5, 0.6) is 0 Å². The van der Waals surface area contributed by atoms with Gasteiger partial charge in [0.05, 0.1) is 19.4 Å². The Morgan fingerprint density at radius 1 is 1.52 bits per heavy atom. The van der Waals surface area contributed by atoms with Crippen LogP contribution in [0.4, 0.5) is 5.82 Å². The van der Waals surface area contributed by atoms with Gasteiger partial charge in [0.15, 0.2) is 11.9 Å². The van der Waals surface area contributed by atoms with E-state index in [-0.39, 0.29) is 31.4 Å². The second-order valence-corrected chi connectivity index (χ2v) is 4.46. The van der Waals surface area contributed by atoms with E-state index in [0.717, 1.165) is 4.80 Å². The highest BCUT2D eigenvalue weighted by Gasteiger charge is 2.32. The third-order valence-electron chi connectivity index (χ3n) is 2.85. The van der Waals surface area contributed by atoms with Gasteiger partial charge >= 0.3 is 5.97 Å². The number of morpholine rings is 1. The molecule has 10 nitrogen and oxygen atoms in total. The zero-order valence-corrected chi connectivity index (χ0v) is 11.4. The van der Waals surface area contributed by atoms with E-state index in [4.69, 9.17) is 9.84 Å². The van der Waals surface area contributed by atoms with Gasteiger partial charge < -0.3 is 20.1 Å². The van der Waals surface area contributed by atoms with Crippen molar-refractivity contribution in [3.05, 3.63) is 6.20 Å². The fourth-order valence-corrected chi connectivity index (χ4v) is 1.93. The molecule has 1 fully saturated rings. The van der Waals surface area contributed by atoms with Crippen molar-refractivity contribution in [1.82, 2.24) is 19.9 Å². The molecule has 2 heterocycles. The Balaban J connectivity index is 2.01. The maximum absolute atomic E-state index is 12.1. The summed E-state index contributed by atoms with van der Waals surface area (Å²) >= 11 is 0. The maximum atomic E-state index is 12.1. The van der Waals surface area contributed by atoms with Crippen molar-refractivity contribution in [2.24, 2.45) is 0 Å². The third-order valence-corrected chi connectivity index (χ3v) is 2.85. The number of nitrogens with zero attached hydrogens (tertiary/aromatic N) is 4. The van der Waals surface area contributed by atoms with E-state index < -0.39 is 17.9 Å². The lowest BCUT2D eigenvalue weighted by molar-refractivity contribution is -0.158. The Kier molecular flexibility index (Phi) is 4.48. The molecule has 10 heteroatoms. The summed E-state index contributed by atoms with van der Waals surface area (Å²) in [5.74, 6) is -1.61. The SMILES string of the molecule is CC(=O)Nc1cnn(CC(=O)N2CCOCC2C(=O)O)n1. The van der Waals surface area contributed by atoms with Gasteiger partial charge in [-0.3, -0.25) is 9.59 Å². The first-order chi connectivity index (χ1) is 9.97. The number of hydrogen-bond acceptors (Lipinski definition) is 6. The van der Waals surface area contributed by atoms with Gasteiger partial charge in [-0.25, -0.2) is 4.79 Å². The highest BCUT2D eigenvalue weighted by Crippen LogP contribution is 2.09. The van der Waals surface area contributed by atoms with Crippen LogP contribution < -0.4 is 5.32 Å². The number of carboxylic acid groups (broad SMARTS) is 1. The van der Waals surface area contributed by atoms with Gasteiger partial charge in [0.2, 0.25) is 11.8 Å². The Morgan fingerprint density at radius 3 is 2.95 bits per heavy atom. The number of anilines is 1. The van der Waals surface area contributed by atoms with Crippen molar-refractivity contribution >= 4 is 23.6 Å². The number of carbonyl (C=O) groups excluding carboxylic acids is 2. The summed E-state index contributed by atoms with van der Waals surface area (Å²) in [7, 11) is 0. The highest BCUT2D eigenvalue weighted by molar-refractivity contribution is 5.87. The topological polar surface area (TPSA) is 127 Å². The van der Waals surface area contributed by atoms with Crippen LogP contribution in [0.2, 0.25) is 0 Å². The minimum Gasteiger partial charge on any atom is -0.480 e. The maximum Gasteiger partial charge on any atom is 0.328 e. The smallest absolute Gasteiger partial charge is 0.328 e. The van der Waals surface area contributed by atoms with E-state index in [1.807, 2.05) is 0 Å². The van der Waals surface area contributed by atoms with E-state index in [9.17, 15) is 14.4 Å². The van der Waals surface area contributed by atoms with Crippen LogP contribution >= 0.6 is 0 Å². The molecular formula is C11H15N5O5. The van der Waals surface area contributed by atoms with E-state index in [1.54, 1.807) is 0 Å². The van der Waals surface area contributed by atoms with Crippen molar-refractivity contribution in [1.29, 1.82) is 0 Å². The number of amides is 2. The summed E-state index contributed by atoms with van der Waals surface area (Å²) in [5.41, 5.74) is 0. The summed E-state index contributed by atoms with van der Waals surface area (Å²) in [5, 5.41) is 19.2. The van der Waals surface area contributed by atoms with Crippen LogP contribution in [0.1, 0.15) is 6.92 Å². The number of rotatable bonds is 4. The zero-order chi connectivity index (χ0) is 15.4. The molecule has 1 unspecified atom stereocenters. The average Bonchev–Trinajstić information content (AvgIpc) is 2.85. The lowest BCUT2D eigenvalue weighted by atomic mass is 10.2. The average molecular weight is 297 g/mol. The van der Waals surface area contributed by atoms with E-state index in [0.29, 0.717) is 6.61 Å². The molecule has 1 saturated heterocycles. The molecule has 0 saturated carbocycles. The molecule has 114 valence electrons. The molecule has 0 aliphatic carbocycles. The fourth-order valence-electron chi connectivity index (χ4n) is 1.93. The molecule has 0 spiro atoms. The van der Waals surface area contributed by atoms with Gasteiger partial charge in [0, 0.05) is 13.5 Å². The van der Waals surface area contributed by atoms with Gasteiger partial charge in [-0.15, -0.1) is 5.10 Å². The number of ether oxygens (including phenoxy) is 1. The van der Waals surface area contributed by atoms with Crippen LogP contribution in [0.15, 0.2) is 6.20 Å². The first-order valence-electron chi connectivity index (χ1n) is 6.25. The van der Waals surface area contributed by atoms with Crippen LogP contribution in [0.25, 0.3) is 0 Å². The molecule has 1 aliphatic rings. The molecule has 2 N–H and O–H groups in total. The van der Waals surface area contributed by atoms with E-state index in [1.165, 1.54) is 18.0 Å². The fraction of sp³-hybridized carbons (Fsp3) is 0.545. The van der Waals surface area contributed by atoms with Gasteiger partial charge in [-0.1, -0.05) is 0 Å². The number of hydrogen-bond donors (Lipinski definition) is 2. The van der Waals surface area contributed by atoms with Gasteiger partial charge in [-0.05, 0) is 0 Å². The van der Waals surface area contributed by atoms with Crippen molar-refractivity contribution in [2.75, 3.05) is 25.1 Å². The summed E-state index contributed by atoms with van der Waals surface area (Å²) in [4.78, 5) is 36.4. The zero-order valence-electron chi connectivity index (χ0n) is 11.4. The van der Waals surface area contributed by atoms with Gasteiger partial charge in [-0.2, -0.15) is 9.90 Å². The van der Waals surface area contributed by atoms with Crippen molar-refractivity contribution in [3.8, 4) is 0 Å². The lowest BCUT2D eigenvalue weighted by Gasteiger charge is -2.32. The Labute approximate surface area is 119 Å². The Hall–Kier alpha value is -2.49. The van der Waals surface area contributed by atoms with Crippen LogP contribution in [-0.4, -0.2) is 68.6 Å². The van der Waals surface area contributed by atoms with Crippen molar-refractivity contribution in [2.45, 2.75) is 19.5 Å². The molecule has 2 amide bonds. The predicted molar refractivity (Wildman–Crippen MR) is 68.3 cm³/mol. The number of carbonyl (C=O) groups is 3. The minimum absolute atomic E-state index is 0.0370.